The van der Waals surface area contributed by atoms with Gasteiger partial charge in [-0.05, 0) is 31.2 Å². The first-order chi connectivity index (χ1) is 9.63. The first-order valence-corrected chi connectivity index (χ1v) is 7.45. The number of rotatable bonds is 4. The molecular formula is C14H20BrN3O2. The monoisotopic (exact) mass is 341 g/mol. The molecule has 5 nitrogen and oxygen atoms in total. The van der Waals surface area contributed by atoms with Crippen LogP contribution >= 0.6 is 15.9 Å². The van der Waals surface area contributed by atoms with E-state index in [1.54, 1.807) is 0 Å². The molecule has 1 fully saturated rings. The maximum atomic E-state index is 11.3. The summed E-state index contributed by atoms with van der Waals surface area (Å²) in [6, 6.07) is 6.45. The van der Waals surface area contributed by atoms with Crippen molar-refractivity contribution in [2.75, 3.05) is 32.1 Å². The predicted molar refractivity (Wildman–Crippen MR) is 83.1 cm³/mol. The van der Waals surface area contributed by atoms with E-state index in [-0.39, 0.29) is 12.1 Å². The van der Waals surface area contributed by atoms with E-state index in [0.717, 1.165) is 30.5 Å². The number of ether oxygens (including phenoxy) is 1. The van der Waals surface area contributed by atoms with Crippen molar-refractivity contribution in [1.82, 2.24) is 10.6 Å². The molecule has 1 aliphatic heterocycles. The topological polar surface area (TPSA) is 53.6 Å². The first-order valence-electron chi connectivity index (χ1n) is 6.66. The summed E-state index contributed by atoms with van der Waals surface area (Å²) in [7, 11) is 3.33. The summed E-state index contributed by atoms with van der Waals surface area (Å²) in [5.74, 6) is 0. The zero-order valence-corrected chi connectivity index (χ0v) is 13.4. The molecule has 0 aromatic heterocycles. The Morgan fingerprint density at radius 2 is 2.35 bits per heavy atom. The Kier molecular flexibility index (Phi) is 5.25. The van der Waals surface area contributed by atoms with E-state index < -0.39 is 0 Å². The van der Waals surface area contributed by atoms with Crippen molar-refractivity contribution in [3.63, 3.8) is 0 Å². The van der Waals surface area contributed by atoms with Gasteiger partial charge in [-0.25, -0.2) is 4.79 Å². The fraction of sp³-hybridized carbons (Fsp3) is 0.500. The Bertz CT molecular complexity index is 481. The van der Waals surface area contributed by atoms with E-state index in [1.807, 2.05) is 7.05 Å². The highest BCUT2D eigenvalue weighted by Gasteiger charge is 2.25. The van der Waals surface area contributed by atoms with Crippen LogP contribution in [0.1, 0.15) is 12.0 Å². The molecule has 1 atom stereocenters. The second-order valence-corrected chi connectivity index (χ2v) is 5.79. The summed E-state index contributed by atoms with van der Waals surface area (Å²) in [5.41, 5.74) is 2.47. The molecular weight excluding hydrogens is 322 g/mol. The average Bonchev–Trinajstić information content (AvgIpc) is 2.89. The lowest BCUT2D eigenvalue weighted by atomic mass is 10.1. The number of carbonyl (C=O) groups is 1. The molecule has 0 bridgehead atoms. The predicted octanol–water partition coefficient (Wildman–Crippen LogP) is 2.10. The second-order valence-electron chi connectivity index (χ2n) is 4.87. The molecule has 1 amide bonds. The maximum absolute atomic E-state index is 11.3. The summed E-state index contributed by atoms with van der Waals surface area (Å²) < 4.78 is 5.71. The van der Waals surface area contributed by atoms with E-state index in [2.05, 4.69) is 54.4 Å². The van der Waals surface area contributed by atoms with E-state index in [0.29, 0.717) is 0 Å². The third kappa shape index (κ3) is 3.64. The molecule has 1 heterocycles. The number of alkyl carbamates (subject to hydrolysis) is 1. The molecule has 0 saturated carbocycles. The minimum absolute atomic E-state index is 0.142. The third-order valence-corrected chi connectivity index (χ3v) is 3.94. The Hall–Kier alpha value is -1.27. The van der Waals surface area contributed by atoms with Gasteiger partial charge in [0.2, 0.25) is 0 Å². The molecule has 110 valence electrons. The molecule has 1 aromatic rings. The lowest BCUT2D eigenvalue weighted by Crippen LogP contribution is -2.37. The van der Waals surface area contributed by atoms with Crippen LogP contribution in [0.15, 0.2) is 22.7 Å². The highest BCUT2D eigenvalue weighted by molar-refractivity contribution is 9.10. The van der Waals surface area contributed by atoms with Gasteiger partial charge in [-0.3, -0.25) is 0 Å². The fourth-order valence-corrected chi connectivity index (χ4v) is 2.84. The van der Waals surface area contributed by atoms with Crippen molar-refractivity contribution >= 4 is 27.7 Å². The summed E-state index contributed by atoms with van der Waals surface area (Å²) in [5, 5.41) is 6.05. The summed E-state index contributed by atoms with van der Waals surface area (Å²) >= 11 is 3.52. The van der Waals surface area contributed by atoms with Crippen molar-refractivity contribution in [3.8, 4) is 0 Å². The molecule has 1 aromatic carbocycles. The van der Waals surface area contributed by atoms with E-state index in [4.69, 9.17) is 0 Å². The molecule has 6 heteroatoms. The summed E-state index contributed by atoms with van der Waals surface area (Å²) in [4.78, 5) is 13.6. The van der Waals surface area contributed by atoms with E-state index >= 15 is 0 Å². The zero-order chi connectivity index (χ0) is 14.5. The number of amides is 1. The van der Waals surface area contributed by atoms with E-state index in [9.17, 15) is 4.79 Å². The Morgan fingerprint density at radius 3 is 3.05 bits per heavy atom. The standard InChI is InChI=1S/C14H20BrN3O2/c1-16-8-10-3-4-11(15)7-13(10)18-6-5-12(9-18)17-14(19)20-2/h3-4,7,12,16H,5-6,8-9H2,1-2H3,(H,17,19). The number of hydrogen-bond donors (Lipinski definition) is 2. The van der Waals surface area contributed by atoms with Gasteiger partial charge in [-0.1, -0.05) is 22.0 Å². The number of nitrogens with one attached hydrogen (secondary N) is 2. The number of carbonyl (C=O) groups excluding carboxylic acids is 1. The molecule has 0 spiro atoms. The van der Waals surface area contributed by atoms with Gasteiger partial charge in [0.1, 0.15) is 0 Å². The fourth-order valence-electron chi connectivity index (χ4n) is 2.49. The smallest absolute Gasteiger partial charge is 0.407 e. The molecule has 1 saturated heterocycles. The van der Waals surface area contributed by atoms with Gasteiger partial charge in [0.15, 0.2) is 0 Å². The van der Waals surface area contributed by atoms with Gasteiger partial charge in [0.25, 0.3) is 0 Å². The SMILES string of the molecule is CNCc1ccc(Br)cc1N1CCC(NC(=O)OC)C1. The minimum Gasteiger partial charge on any atom is -0.453 e. The summed E-state index contributed by atoms with van der Waals surface area (Å²) in [6.45, 7) is 2.57. The van der Waals surface area contributed by atoms with Crippen molar-refractivity contribution in [1.29, 1.82) is 0 Å². The number of nitrogens with zero attached hydrogens (tertiary/aromatic N) is 1. The van der Waals surface area contributed by atoms with Crippen molar-refractivity contribution in [2.24, 2.45) is 0 Å². The van der Waals surface area contributed by atoms with Crippen molar-refractivity contribution in [3.05, 3.63) is 28.2 Å². The molecule has 1 unspecified atom stereocenters. The van der Waals surface area contributed by atoms with Crippen LogP contribution in [0.4, 0.5) is 10.5 Å². The van der Waals surface area contributed by atoms with Gasteiger partial charge >= 0.3 is 6.09 Å². The number of benzene rings is 1. The lowest BCUT2D eigenvalue weighted by Gasteiger charge is -2.22. The van der Waals surface area contributed by atoms with Crippen molar-refractivity contribution < 1.29 is 9.53 Å². The molecule has 20 heavy (non-hydrogen) atoms. The molecule has 2 N–H and O–H groups in total. The zero-order valence-electron chi connectivity index (χ0n) is 11.8. The van der Waals surface area contributed by atoms with Gasteiger partial charge in [-0.15, -0.1) is 0 Å². The first kappa shape index (κ1) is 15.1. The molecule has 0 radical (unpaired) electrons. The summed E-state index contributed by atoms with van der Waals surface area (Å²) in [6.07, 6.45) is 0.571. The Morgan fingerprint density at radius 1 is 1.55 bits per heavy atom. The van der Waals surface area contributed by atoms with Gasteiger partial charge in [0.05, 0.1) is 13.2 Å². The second kappa shape index (κ2) is 6.95. The van der Waals surface area contributed by atoms with Crippen LogP contribution in [-0.2, 0) is 11.3 Å². The molecule has 2 rings (SSSR count). The highest BCUT2D eigenvalue weighted by atomic mass is 79.9. The van der Waals surface area contributed by atoms with Crippen molar-refractivity contribution in [2.45, 2.75) is 19.0 Å². The van der Waals surface area contributed by atoms with Gasteiger partial charge < -0.3 is 20.3 Å². The van der Waals surface area contributed by atoms with Crippen LogP contribution in [0, 0.1) is 0 Å². The number of halogens is 1. The molecule has 0 aliphatic carbocycles. The Balaban J connectivity index is 2.09. The van der Waals surface area contributed by atoms with E-state index in [1.165, 1.54) is 18.4 Å². The van der Waals surface area contributed by atoms with Crippen LogP contribution in [-0.4, -0.2) is 39.4 Å². The quantitative estimate of drug-likeness (QED) is 0.880. The average molecular weight is 342 g/mol. The van der Waals surface area contributed by atoms with Crippen LogP contribution in [0.2, 0.25) is 0 Å². The number of anilines is 1. The normalized spacial score (nSPS) is 18.1. The largest absolute Gasteiger partial charge is 0.453 e. The molecule has 1 aliphatic rings. The van der Waals surface area contributed by atoms with Crippen LogP contribution in [0.25, 0.3) is 0 Å². The van der Waals surface area contributed by atoms with Gasteiger partial charge in [-0.2, -0.15) is 0 Å². The highest BCUT2D eigenvalue weighted by Crippen LogP contribution is 2.28. The van der Waals surface area contributed by atoms with Gasteiger partial charge in [0, 0.05) is 29.8 Å². The van der Waals surface area contributed by atoms with Crippen LogP contribution in [0.3, 0.4) is 0 Å². The lowest BCUT2D eigenvalue weighted by molar-refractivity contribution is 0.167. The van der Waals surface area contributed by atoms with Crippen LogP contribution < -0.4 is 15.5 Å². The number of methoxy groups -OCH3 is 1. The maximum Gasteiger partial charge on any atom is 0.407 e. The minimum atomic E-state index is -0.360. The Labute approximate surface area is 127 Å². The third-order valence-electron chi connectivity index (χ3n) is 3.45. The number of hydrogen-bond acceptors (Lipinski definition) is 4. The van der Waals surface area contributed by atoms with Crippen LogP contribution in [0.5, 0.6) is 0 Å².